The summed E-state index contributed by atoms with van der Waals surface area (Å²) in [4.78, 5) is 12.3. The molecule has 0 aliphatic heterocycles. The number of hydrazine groups is 1. The first-order valence-corrected chi connectivity index (χ1v) is 7.31. The number of carbonyl (C=O) groups is 1. The molecule has 1 aromatic rings. The average molecular weight is 334 g/mol. The van der Waals surface area contributed by atoms with E-state index in [2.05, 4.69) is 10.5 Å². The number of nitrogens with one attached hydrogen (secondary N) is 1. The third kappa shape index (κ3) is 4.83. The highest BCUT2D eigenvalue weighted by molar-refractivity contribution is 7.80. The minimum absolute atomic E-state index is 0.0786. The largest absolute Gasteiger partial charge is 0.382 e. The van der Waals surface area contributed by atoms with Crippen LogP contribution in [-0.4, -0.2) is 45.6 Å². The van der Waals surface area contributed by atoms with Gasteiger partial charge in [-0.2, -0.15) is 5.10 Å². The zero-order valence-corrected chi connectivity index (χ0v) is 13.9. The summed E-state index contributed by atoms with van der Waals surface area (Å²) < 4.78 is 6.66. The lowest BCUT2D eigenvalue weighted by molar-refractivity contribution is 0.0843. The summed E-state index contributed by atoms with van der Waals surface area (Å²) in [5, 5.41) is 5.88. The molecule has 0 radical (unpaired) electrons. The molecule has 0 bridgehead atoms. The predicted octanol–water partition coefficient (Wildman–Crippen LogP) is 0.999. The number of carbonyl (C=O) groups excluding carboxylic acids is 1. The van der Waals surface area contributed by atoms with Gasteiger partial charge >= 0.3 is 0 Å². The molecule has 1 rings (SSSR count). The van der Waals surface area contributed by atoms with Gasteiger partial charge in [-0.05, 0) is 32.5 Å². The Morgan fingerprint density at radius 2 is 2.29 bits per heavy atom. The van der Waals surface area contributed by atoms with Gasteiger partial charge in [0.05, 0.1) is 10.7 Å². The maximum Gasteiger partial charge on any atom is 0.289 e. The molecule has 0 unspecified atom stereocenters. The summed E-state index contributed by atoms with van der Waals surface area (Å²) in [6, 6.07) is 0. The van der Waals surface area contributed by atoms with Gasteiger partial charge in [-0.3, -0.25) is 19.9 Å². The molecule has 0 atom stereocenters. The van der Waals surface area contributed by atoms with Crippen LogP contribution in [-0.2, 0) is 11.8 Å². The van der Waals surface area contributed by atoms with Crippen LogP contribution in [0, 0.1) is 6.92 Å². The molecule has 0 aromatic carbocycles. The highest BCUT2D eigenvalue weighted by Crippen LogP contribution is 2.19. The normalized spacial score (nSPS) is 10.5. The van der Waals surface area contributed by atoms with Crippen molar-refractivity contribution in [2.24, 2.45) is 12.8 Å². The highest BCUT2D eigenvalue weighted by atomic mass is 35.5. The van der Waals surface area contributed by atoms with E-state index in [1.807, 2.05) is 6.92 Å². The number of halogens is 1. The van der Waals surface area contributed by atoms with Gasteiger partial charge in [0.25, 0.3) is 5.91 Å². The van der Waals surface area contributed by atoms with E-state index in [-0.39, 0.29) is 10.8 Å². The van der Waals surface area contributed by atoms with Gasteiger partial charge in [0.2, 0.25) is 0 Å². The smallest absolute Gasteiger partial charge is 0.289 e. The zero-order valence-electron chi connectivity index (χ0n) is 12.4. The first-order chi connectivity index (χ1) is 9.88. The Labute approximate surface area is 134 Å². The number of amides is 1. The van der Waals surface area contributed by atoms with Crippen molar-refractivity contribution in [2.45, 2.75) is 20.3 Å². The molecule has 0 saturated heterocycles. The molecule has 0 aliphatic carbocycles. The lowest BCUT2D eigenvalue weighted by atomic mass is 10.3. The average Bonchev–Trinajstić information content (AvgIpc) is 2.66. The molecule has 3 N–H and O–H groups in total. The molecule has 9 heteroatoms. The van der Waals surface area contributed by atoms with Crippen molar-refractivity contribution >= 4 is 34.8 Å². The van der Waals surface area contributed by atoms with E-state index in [9.17, 15) is 4.79 Å². The van der Waals surface area contributed by atoms with Crippen LogP contribution >= 0.6 is 23.8 Å². The van der Waals surface area contributed by atoms with Gasteiger partial charge in [0.1, 0.15) is 5.69 Å². The maximum atomic E-state index is 12.3. The van der Waals surface area contributed by atoms with Crippen molar-refractivity contribution in [2.75, 3.05) is 19.8 Å². The summed E-state index contributed by atoms with van der Waals surface area (Å²) in [6.45, 7) is 5.31. The molecule has 118 valence electrons. The Morgan fingerprint density at radius 1 is 1.62 bits per heavy atom. The number of ether oxygens (including phenoxy) is 1. The Hall–Kier alpha value is -1.38. The number of rotatable bonds is 6. The fraction of sp³-hybridized carbons (Fsp3) is 0.583. The maximum absolute atomic E-state index is 12.3. The van der Waals surface area contributed by atoms with Crippen molar-refractivity contribution in [1.82, 2.24) is 20.2 Å². The van der Waals surface area contributed by atoms with E-state index in [0.717, 1.165) is 0 Å². The number of aromatic nitrogens is 2. The number of aryl methyl sites for hydroxylation is 2. The standard InChI is InChI=1S/C12H20ClN5O2S/c1-4-20-7-5-6-18(12(14)21)16-11(19)10-9(13)8(2)15-17(10)3/h4-7H2,1-3H3,(H2,14,21)(H,16,19). The fourth-order valence-corrected chi connectivity index (χ4v) is 2.13. The first-order valence-electron chi connectivity index (χ1n) is 6.53. The lowest BCUT2D eigenvalue weighted by Crippen LogP contribution is -2.49. The predicted molar refractivity (Wildman–Crippen MR) is 85.0 cm³/mol. The third-order valence-corrected chi connectivity index (χ3v) is 3.41. The van der Waals surface area contributed by atoms with E-state index in [4.69, 9.17) is 34.3 Å². The summed E-state index contributed by atoms with van der Waals surface area (Å²) in [5.74, 6) is -0.410. The molecule has 21 heavy (non-hydrogen) atoms. The van der Waals surface area contributed by atoms with E-state index in [1.54, 1.807) is 14.0 Å². The Balaban J connectivity index is 2.70. The van der Waals surface area contributed by atoms with Gasteiger partial charge < -0.3 is 10.5 Å². The minimum atomic E-state index is -0.410. The zero-order chi connectivity index (χ0) is 16.0. The van der Waals surface area contributed by atoms with Crippen LogP contribution in [0.3, 0.4) is 0 Å². The van der Waals surface area contributed by atoms with Gasteiger partial charge in [-0.15, -0.1) is 0 Å². The van der Waals surface area contributed by atoms with Crippen LogP contribution in [0.1, 0.15) is 29.5 Å². The van der Waals surface area contributed by atoms with Crippen molar-refractivity contribution < 1.29 is 9.53 Å². The van der Waals surface area contributed by atoms with Gasteiger partial charge in [0, 0.05) is 26.8 Å². The molecule has 0 spiro atoms. The summed E-state index contributed by atoms with van der Waals surface area (Å²) in [5.41, 5.74) is 9.09. The molecule has 1 aromatic heterocycles. The lowest BCUT2D eigenvalue weighted by Gasteiger charge is -2.23. The second kappa shape index (κ2) is 8.16. The van der Waals surface area contributed by atoms with Crippen molar-refractivity contribution in [3.05, 3.63) is 16.4 Å². The van der Waals surface area contributed by atoms with Gasteiger partial charge in [0.15, 0.2) is 5.11 Å². The molecule has 7 nitrogen and oxygen atoms in total. The van der Waals surface area contributed by atoms with Crippen LogP contribution in [0.25, 0.3) is 0 Å². The number of hydrogen-bond acceptors (Lipinski definition) is 4. The topological polar surface area (TPSA) is 85.4 Å². The Bertz CT molecular complexity index is 520. The van der Waals surface area contributed by atoms with E-state index in [1.165, 1.54) is 9.69 Å². The van der Waals surface area contributed by atoms with E-state index in [0.29, 0.717) is 36.9 Å². The van der Waals surface area contributed by atoms with Crippen LogP contribution in [0.2, 0.25) is 5.02 Å². The number of thiocarbonyl (C=S) groups is 1. The Morgan fingerprint density at radius 3 is 2.76 bits per heavy atom. The molecule has 1 heterocycles. The first kappa shape index (κ1) is 17.7. The number of nitrogens with zero attached hydrogens (tertiary/aromatic N) is 3. The van der Waals surface area contributed by atoms with Gasteiger partial charge in [-0.1, -0.05) is 11.6 Å². The molecular formula is C12H20ClN5O2S. The monoisotopic (exact) mass is 333 g/mol. The Kier molecular flexibility index (Phi) is 6.86. The number of nitrogens with two attached hydrogens (primary N) is 1. The van der Waals surface area contributed by atoms with Crippen LogP contribution < -0.4 is 11.2 Å². The second-order valence-corrected chi connectivity index (χ2v) is 5.15. The number of hydrogen-bond donors (Lipinski definition) is 2. The quantitative estimate of drug-likeness (QED) is 0.459. The fourth-order valence-electron chi connectivity index (χ4n) is 1.74. The molecule has 0 saturated carbocycles. The second-order valence-electron chi connectivity index (χ2n) is 4.35. The SMILES string of the molecule is CCOCCCN(NC(=O)c1c(Cl)c(C)nn1C)C(N)=S. The molecular weight excluding hydrogens is 314 g/mol. The van der Waals surface area contributed by atoms with E-state index >= 15 is 0 Å². The van der Waals surface area contributed by atoms with Crippen LogP contribution in [0.4, 0.5) is 0 Å². The van der Waals surface area contributed by atoms with Gasteiger partial charge in [-0.25, -0.2) is 0 Å². The molecule has 1 amide bonds. The molecule has 0 fully saturated rings. The van der Waals surface area contributed by atoms with Crippen molar-refractivity contribution in [3.63, 3.8) is 0 Å². The van der Waals surface area contributed by atoms with Crippen LogP contribution in [0.5, 0.6) is 0 Å². The summed E-state index contributed by atoms with van der Waals surface area (Å²) in [7, 11) is 1.65. The minimum Gasteiger partial charge on any atom is -0.382 e. The van der Waals surface area contributed by atoms with E-state index < -0.39 is 5.91 Å². The molecule has 0 aliphatic rings. The summed E-state index contributed by atoms with van der Waals surface area (Å²) >= 11 is 11.0. The third-order valence-electron chi connectivity index (χ3n) is 2.74. The van der Waals surface area contributed by atoms with Crippen molar-refractivity contribution in [1.29, 1.82) is 0 Å². The highest BCUT2D eigenvalue weighted by Gasteiger charge is 2.21. The van der Waals surface area contributed by atoms with Crippen LogP contribution in [0.15, 0.2) is 0 Å². The summed E-state index contributed by atoms with van der Waals surface area (Å²) in [6.07, 6.45) is 0.684. The van der Waals surface area contributed by atoms with Crippen molar-refractivity contribution in [3.8, 4) is 0 Å².